The van der Waals surface area contributed by atoms with E-state index in [1.807, 2.05) is 0 Å². The molecule has 17 nitrogen and oxygen atoms in total. The molecule has 0 bridgehead atoms. The smallest absolute Gasteiger partial charge is 0.415 e. The lowest BCUT2D eigenvalue weighted by atomic mass is 9.92. The number of terminal acetylenes is 1. The first-order valence-corrected chi connectivity index (χ1v) is 14.7. The molecule has 3 rings (SSSR count). The summed E-state index contributed by atoms with van der Waals surface area (Å²) in [7, 11) is 1.39. The van der Waals surface area contributed by atoms with Gasteiger partial charge in [-0.2, -0.15) is 9.97 Å². The first-order valence-electron chi connectivity index (χ1n) is 14.3. The number of ether oxygens (including phenoxy) is 7. The average molecular weight is 682 g/mol. The zero-order chi connectivity index (χ0) is 35.3. The summed E-state index contributed by atoms with van der Waals surface area (Å²) in [5.41, 5.74) is -2.97. The zero-order valence-electron chi connectivity index (χ0n) is 27.1. The van der Waals surface area contributed by atoms with Gasteiger partial charge >= 0.3 is 30.0 Å². The van der Waals surface area contributed by atoms with E-state index in [0.717, 1.165) is 18.7 Å². The lowest BCUT2D eigenvalue weighted by Crippen LogP contribution is -2.53. The first kappa shape index (κ1) is 36.9. The maximum absolute atomic E-state index is 12.9. The lowest BCUT2D eigenvalue weighted by molar-refractivity contribution is -0.183. The Kier molecular flexibility index (Phi) is 11.7. The van der Waals surface area contributed by atoms with Crippen LogP contribution in [0, 0.1) is 12.3 Å². The molecule has 0 unspecified atom stereocenters. The number of amides is 1. The van der Waals surface area contributed by atoms with Crippen LogP contribution in [0.4, 0.5) is 10.6 Å². The minimum absolute atomic E-state index is 0.0104. The molecular weight excluding hydrogens is 646 g/mol. The van der Waals surface area contributed by atoms with Crippen LogP contribution in [0.2, 0.25) is 5.28 Å². The molecule has 1 saturated heterocycles. The van der Waals surface area contributed by atoms with Crippen molar-refractivity contribution in [3.05, 3.63) is 11.6 Å². The largest absolute Gasteiger partial charge is 0.464 e. The van der Waals surface area contributed by atoms with Crippen molar-refractivity contribution >= 4 is 58.6 Å². The molecule has 2 aromatic heterocycles. The molecule has 2 aromatic rings. The third-order valence-corrected chi connectivity index (χ3v) is 6.51. The normalized spacial score (nSPS) is 20.7. The van der Waals surface area contributed by atoms with Crippen molar-refractivity contribution in [2.45, 2.75) is 84.2 Å². The topological polar surface area (TPSA) is 197 Å². The third-order valence-electron chi connectivity index (χ3n) is 6.35. The number of esters is 4. The van der Waals surface area contributed by atoms with E-state index in [4.69, 9.17) is 51.2 Å². The number of carbonyl (C=O) groups is 5. The molecule has 256 valence electrons. The maximum atomic E-state index is 12.9. The van der Waals surface area contributed by atoms with E-state index < -0.39 is 72.3 Å². The molecule has 1 aliphatic heterocycles. The van der Waals surface area contributed by atoms with Gasteiger partial charge in [-0.15, -0.1) is 6.42 Å². The highest BCUT2D eigenvalue weighted by molar-refractivity contribution is 6.28. The van der Waals surface area contributed by atoms with E-state index in [1.165, 1.54) is 31.8 Å². The monoisotopic (exact) mass is 681 g/mol. The Balaban J connectivity index is 2.14. The highest BCUT2D eigenvalue weighted by Crippen LogP contribution is 2.43. The predicted molar refractivity (Wildman–Crippen MR) is 161 cm³/mol. The molecule has 0 N–H and O–H groups in total. The summed E-state index contributed by atoms with van der Waals surface area (Å²) >= 11 is 6.26. The second-order valence-electron chi connectivity index (χ2n) is 11.0. The maximum Gasteiger partial charge on any atom is 0.415 e. The Morgan fingerprint density at radius 3 is 2.23 bits per heavy atom. The summed E-state index contributed by atoms with van der Waals surface area (Å²) in [6.45, 7) is 9.46. The van der Waals surface area contributed by atoms with Crippen molar-refractivity contribution in [3.63, 3.8) is 0 Å². The van der Waals surface area contributed by atoms with Crippen LogP contribution in [-0.4, -0.2) is 106 Å². The van der Waals surface area contributed by atoms with Gasteiger partial charge in [-0.25, -0.2) is 19.4 Å². The van der Waals surface area contributed by atoms with Crippen molar-refractivity contribution in [3.8, 4) is 12.3 Å². The summed E-state index contributed by atoms with van der Waals surface area (Å²) in [5, 5.41) is -0.304. The van der Waals surface area contributed by atoms with Gasteiger partial charge in [-0.05, 0) is 46.2 Å². The first-order chi connectivity index (χ1) is 22.0. The fraction of sp³-hybridized carbons (Fsp3) is 0.586. The molecule has 1 fully saturated rings. The number of aromatic nitrogens is 4. The Morgan fingerprint density at radius 2 is 1.72 bits per heavy atom. The predicted octanol–water partition coefficient (Wildman–Crippen LogP) is 2.13. The standard InChI is InChI=1S/C29H36ClN5O12/c1-10-29(46-16(5)37)17(13-43-19(24(38)41-11-2)25(39)42-12-3)45-23(20(29)44-15(4)36)35-14-31-18-21(32-26(30)33-22(18)35)34(9)27(40)47-28(6,7)8/h1,14,17,19-20,23H,11-13H2,2-9H3/t17-,20+,23-,29-/m1/s1. The fourth-order valence-corrected chi connectivity index (χ4v) is 4.73. The Bertz CT molecular complexity index is 1550. The molecule has 0 aliphatic carbocycles. The van der Waals surface area contributed by atoms with Crippen molar-refractivity contribution in [2.24, 2.45) is 0 Å². The fourth-order valence-electron chi connectivity index (χ4n) is 4.57. The van der Waals surface area contributed by atoms with Crippen LogP contribution < -0.4 is 4.90 Å². The van der Waals surface area contributed by atoms with Gasteiger partial charge < -0.3 is 33.2 Å². The number of imidazole rings is 1. The van der Waals surface area contributed by atoms with E-state index in [2.05, 4.69) is 20.9 Å². The number of anilines is 1. The Hall–Kier alpha value is -4.53. The van der Waals surface area contributed by atoms with Crippen molar-refractivity contribution in [1.29, 1.82) is 0 Å². The van der Waals surface area contributed by atoms with Gasteiger partial charge in [-0.3, -0.25) is 19.1 Å². The quantitative estimate of drug-likeness (QED) is 0.110. The summed E-state index contributed by atoms with van der Waals surface area (Å²) in [6.07, 6.45) is 0.0411. The number of halogens is 1. The molecule has 1 amide bonds. The highest BCUT2D eigenvalue weighted by atomic mass is 35.5. The molecule has 1 aliphatic rings. The molecule has 3 heterocycles. The number of hydrogen-bond acceptors (Lipinski definition) is 15. The van der Waals surface area contributed by atoms with Crippen molar-refractivity contribution < 1.29 is 57.1 Å². The summed E-state index contributed by atoms with van der Waals surface area (Å²) in [4.78, 5) is 76.5. The Morgan fingerprint density at radius 1 is 1.11 bits per heavy atom. The van der Waals surface area contributed by atoms with Gasteiger partial charge in [-0.1, -0.05) is 5.92 Å². The minimum atomic E-state index is -2.18. The Labute approximate surface area is 275 Å². The van der Waals surface area contributed by atoms with Crippen LogP contribution >= 0.6 is 11.6 Å². The van der Waals surface area contributed by atoms with E-state index >= 15 is 0 Å². The number of nitrogens with zero attached hydrogens (tertiary/aromatic N) is 5. The molecule has 4 atom stereocenters. The van der Waals surface area contributed by atoms with Crippen LogP contribution in [0.3, 0.4) is 0 Å². The third kappa shape index (κ3) is 8.25. The van der Waals surface area contributed by atoms with E-state index in [9.17, 15) is 24.0 Å². The van der Waals surface area contributed by atoms with Crippen LogP contribution in [-0.2, 0) is 52.3 Å². The number of hydrogen-bond donors (Lipinski definition) is 0. The van der Waals surface area contributed by atoms with E-state index in [0.29, 0.717) is 0 Å². The van der Waals surface area contributed by atoms with Gasteiger partial charge in [0.2, 0.25) is 17.0 Å². The number of fused-ring (bicyclic) bond motifs is 1. The van der Waals surface area contributed by atoms with E-state index in [-0.39, 0.29) is 35.5 Å². The lowest BCUT2D eigenvalue weighted by Gasteiger charge is -2.32. The average Bonchev–Trinajstić information content (AvgIpc) is 3.50. The summed E-state index contributed by atoms with van der Waals surface area (Å²) < 4.78 is 39.5. The minimum Gasteiger partial charge on any atom is -0.464 e. The van der Waals surface area contributed by atoms with Gasteiger partial charge in [0, 0.05) is 20.9 Å². The summed E-state index contributed by atoms with van der Waals surface area (Å²) in [6, 6.07) is 0. The molecule has 0 spiro atoms. The second kappa shape index (κ2) is 14.9. The molecule has 0 radical (unpaired) electrons. The molecule has 18 heteroatoms. The van der Waals surface area contributed by atoms with Crippen LogP contribution in [0.1, 0.15) is 54.7 Å². The van der Waals surface area contributed by atoms with Crippen molar-refractivity contribution in [2.75, 3.05) is 31.8 Å². The summed E-state index contributed by atoms with van der Waals surface area (Å²) in [5.74, 6) is -1.52. The SMILES string of the molecule is C#C[C@@]1(OC(C)=O)[C@@H](COC(C(=O)OCC)C(=O)OCC)O[C@@H](n2cnc3c(N(C)C(=O)OC(C)(C)C)nc(Cl)nc32)[C@@H]1OC(C)=O. The van der Waals surface area contributed by atoms with Gasteiger partial charge in [0.05, 0.1) is 26.1 Å². The number of rotatable bonds is 11. The van der Waals surface area contributed by atoms with Crippen LogP contribution in [0.25, 0.3) is 11.2 Å². The van der Waals surface area contributed by atoms with Gasteiger partial charge in [0.1, 0.15) is 11.7 Å². The number of carbonyl (C=O) groups excluding carboxylic acids is 5. The molecule has 47 heavy (non-hydrogen) atoms. The molecule has 0 saturated carbocycles. The molecule has 0 aromatic carbocycles. The van der Waals surface area contributed by atoms with Gasteiger partial charge in [0.15, 0.2) is 23.2 Å². The van der Waals surface area contributed by atoms with Crippen LogP contribution in [0.15, 0.2) is 6.33 Å². The van der Waals surface area contributed by atoms with E-state index in [1.54, 1.807) is 20.8 Å². The zero-order valence-corrected chi connectivity index (χ0v) is 27.9. The van der Waals surface area contributed by atoms with Crippen LogP contribution in [0.5, 0.6) is 0 Å². The molecular formula is C29H36ClN5O12. The second-order valence-corrected chi connectivity index (χ2v) is 11.3. The van der Waals surface area contributed by atoms with Crippen molar-refractivity contribution in [1.82, 2.24) is 19.5 Å². The highest BCUT2D eigenvalue weighted by Gasteiger charge is 2.62. The van der Waals surface area contributed by atoms with Gasteiger partial charge in [0.25, 0.3) is 6.10 Å².